The molecular weight excluding hydrogens is 256 g/mol. The summed E-state index contributed by atoms with van der Waals surface area (Å²) in [7, 11) is 3.46. The Bertz CT molecular complexity index is 409. The van der Waals surface area contributed by atoms with E-state index in [-0.39, 0.29) is 18.2 Å². The molecule has 2 heterocycles. The molecule has 3 unspecified atom stereocenters. The molecular formula is C14H26N4O2. The lowest BCUT2D eigenvalue weighted by atomic mass is 10.1. The van der Waals surface area contributed by atoms with Crippen molar-refractivity contribution in [1.29, 1.82) is 0 Å². The molecule has 1 fully saturated rings. The van der Waals surface area contributed by atoms with Crippen molar-refractivity contribution >= 4 is 0 Å². The third-order valence-corrected chi connectivity index (χ3v) is 4.05. The second kappa shape index (κ2) is 6.67. The van der Waals surface area contributed by atoms with Crippen LogP contribution in [0.4, 0.5) is 0 Å². The van der Waals surface area contributed by atoms with Crippen LogP contribution in [0.2, 0.25) is 0 Å². The standard InChI is InChI=1S/C14H26N4O2/c1-10(2)18-7-11(6-16-18)12(5-15)17-8-13(19-3)14(9-17)20-4/h6-7,10,12-14H,5,8-9,15H2,1-4H3. The zero-order valence-corrected chi connectivity index (χ0v) is 12.8. The molecule has 1 aliphatic heterocycles. The fourth-order valence-corrected chi connectivity index (χ4v) is 2.78. The van der Waals surface area contributed by atoms with E-state index in [0.717, 1.165) is 18.7 Å². The van der Waals surface area contributed by atoms with E-state index in [1.807, 2.05) is 10.9 Å². The summed E-state index contributed by atoms with van der Waals surface area (Å²) >= 11 is 0. The number of hydrogen-bond acceptors (Lipinski definition) is 5. The summed E-state index contributed by atoms with van der Waals surface area (Å²) in [6.45, 7) is 6.47. The Hall–Kier alpha value is -0.950. The van der Waals surface area contributed by atoms with Gasteiger partial charge in [0, 0.05) is 51.7 Å². The van der Waals surface area contributed by atoms with E-state index in [2.05, 4.69) is 30.0 Å². The maximum absolute atomic E-state index is 5.98. The van der Waals surface area contributed by atoms with E-state index >= 15 is 0 Å². The average Bonchev–Trinajstić information content (AvgIpc) is 3.06. The Morgan fingerprint density at radius 3 is 2.30 bits per heavy atom. The van der Waals surface area contributed by atoms with Crippen LogP contribution in [-0.2, 0) is 9.47 Å². The fraction of sp³-hybridized carbons (Fsp3) is 0.786. The van der Waals surface area contributed by atoms with E-state index in [9.17, 15) is 0 Å². The Morgan fingerprint density at radius 2 is 1.90 bits per heavy atom. The van der Waals surface area contributed by atoms with E-state index < -0.39 is 0 Å². The van der Waals surface area contributed by atoms with Gasteiger partial charge in [0.2, 0.25) is 0 Å². The van der Waals surface area contributed by atoms with Gasteiger partial charge in [-0.2, -0.15) is 5.10 Å². The van der Waals surface area contributed by atoms with Gasteiger partial charge in [-0.15, -0.1) is 0 Å². The van der Waals surface area contributed by atoms with E-state index in [1.165, 1.54) is 0 Å². The summed E-state index contributed by atoms with van der Waals surface area (Å²) in [5, 5.41) is 4.41. The Balaban J connectivity index is 2.12. The molecule has 0 radical (unpaired) electrons. The zero-order chi connectivity index (χ0) is 14.7. The van der Waals surface area contributed by atoms with Crippen LogP contribution in [0.3, 0.4) is 0 Å². The smallest absolute Gasteiger partial charge is 0.0972 e. The third-order valence-electron chi connectivity index (χ3n) is 4.05. The summed E-state index contributed by atoms with van der Waals surface area (Å²) in [5.74, 6) is 0. The number of nitrogens with zero attached hydrogens (tertiary/aromatic N) is 3. The molecule has 1 aliphatic rings. The second-order valence-electron chi connectivity index (χ2n) is 5.60. The lowest BCUT2D eigenvalue weighted by Crippen LogP contribution is -2.33. The lowest BCUT2D eigenvalue weighted by Gasteiger charge is -2.25. The van der Waals surface area contributed by atoms with Crippen molar-refractivity contribution in [3.63, 3.8) is 0 Å². The molecule has 2 rings (SSSR count). The van der Waals surface area contributed by atoms with Gasteiger partial charge in [0.1, 0.15) is 0 Å². The predicted molar refractivity (Wildman–Crippen MR) is 77.6 cm³/mol. The second-order valence-corrected chi connectivity index (χ2v) is 5.60. The molecule has 6 heteroatoms. The van der Waals surface area contributed by atoms with E-state index in [1.54, 1.807) is 14.2 Å². The largest absolute Gasteiger partial charge is 0.377 e. The van der Waals surface area contributed by atoms with Gasteiger partial charge >= 0.3 is 0 Å². The highest BCUT2D eigenvalue weighted by Crippen LogP contribution is 2.27. The molecule has 0 bridgehead atoms. The maximum atomic E-state index is 5.98. The van der Waals surface area contributed by atoms with E-state index in [4.69, 9.17) is 15.2 Å². The van der Waals surface area contributed by atoms with Gasteiger partial charge in [-0.05, 0) is 13.8 Å². The van der Waals surface area contributed by atoms with Crippen LogP contribution in [0, 0.1) is 0 Å². The van der Waals surface area contributed by atoms with Crippen molar-refractivity contribution in [2.75, 3.05) is 33.9 Å². The molecule has 0 saturated carbocycles. The molecule has 1 aromatic rings. The first kappa shape index (κ1) is 15.4. The SMILES string of the molecule is COC1CN(C(CN)c2cnn(C(C)C)c2)CC1OC. The highest BCUT2D eigenvalue weighted by Gasteiger charge is 2.36. The highest BCUT2D eigenvalue weighted by molar-refractivity contribution is 5.13. The predicted octanol–water partition coefficient (Wildman–Crippen LogP) is 0.809. The average molecular weight is 282 g/mol. The van der Waals surface area contributed by atoms with Crippen molar-refractivity contribution in [2.45, 2.75) is 38.1 Å². The van der Waals surface area contributed by atoms with E-state index in [0.29, 0.717) is 12.6 Å². The van der Waals surface area contributed by atoms with Gasteiger partial charge in [-0.1, -0.05) is 0 Å². The molecule has 6 nitrogen and oxygen atoms in total. The quantitative estimate of drug-likeness (QED) is 0.836. The molecule has 0 aliphatic carbocycles. The zero-order valence-electron chi connectivity index (χ0n) is 12.8. The van der Waals surface area contributed by atoms with Crippen LogP contribution in [0.25, 0.3) is 0 Å². The van der Waals surface area contributed by atoms with Crippen LogP contribution in [0.5, 0.6) is 0 Å². The number of ether oxygens (including phenoxy) is 2. The first-order valence-electron chi connectivity index (χ1n) is 7.14. The van der Waals surface area contributed by atoms with Crippen molar-refractivity contribution in [1.82, 2.24) is 14.7 Å². The van der Waals surface area contributed by atoms with Crippen molar-refractivity contribution in [2.24, 2.45) is 5.73 Å². The minimum Gasteiger partial charge on any atom is -0.377 e. The van der Waals surface area contributed by atoms with Crippen LogP contribution >= 0.6 is 0 Å². The van der Waals surface area contributed by atoms with Gasteiger partial charge in [0.25, 0.3) is 0 Å². The Labute approximate surface area is 120 Å². The minimum atomic E-state index is 0.106. The molecule has 1 saturated heterocycles. The maximum Gasteiger partial charge on any atom is 0.0972 e. The van der Waals surface area contributed by atoms with Crippen molar-refractivity contribution < 1.29 is 9.47 Å². The summed E-state index contributed by atoms with van der Waals surface area (Å²) in [5.41, 5.74) is 7.14. The first-order valence-corrected chi connectivity index (χ1v) is 7.14. The molecule has 0 spiro atoms. The van der Waals surface area contributed by atoms with Crippen LogP contribution < -0.4 is 5.73 Å². The summed E-state index contributed by atoms with van der Waals surface area (Å²) in [4.78, 5) is 2.32. The first-order chi connectivity index (χ1) is 9.60. The monoisotopic (exact) mass is 282 g/mol. The summed E-state index contributed by atoms with van der Waals surface area (Å²) in [6.07, 6.45) is 4.22. The third kappa shape index (κ3) is 3.03. The van der Waals surface area contributed by atoms with Crippen LogP contribution in [0.15, 0.2) is 12.4 Å². The number of rotatable bonds is 6. The topological polar surface area (TPSA) is 65.5 Å². The van der Waals surface area contributed by atoms with Crippen molar-refractivity contribution in [3.05, 3.63) is 18.0 Å². The van der Waals surface area contributed by atoms with Gasteiger partial charge < -0.3 is 15.2 Å². The van der Waals surface area contributed by atoms with Crippen LogP contribution in [0.1, 0.15) is 31.5 Å². The molecule has 1 aromatic heterocycles. The number of aromatic nitrogens is 2. The molecule has 114 valence electrons. The summed E-state index contributed by atoms with van der Waals surface area (Å²) in [6, 6.07) is 0.527. The Kier molecular flexibility index (Phi) is 5.15. The number of likely N-dealkylation sites (tertiary alicyclic amines) is 1. The van der Waals surface area contributed by atoms with Crippen molar-refractivity contribution in [3.8, 4) is 0 Å². The molecule has 0 amide bonds. The minimum absolute atomic E-state index is 0.106. The molecule has 0 aromatic carbocycles. The van der Waals surface area contributed by atoms with Crippen LogP contribution in [-0.4, -0.2) is 60.7 Å². The normalized spacial score (nSPS) is 25.5. The fourth-order valence-electron chi connectivity index (χ4n) is 2.78. The number of methoxy groups -OCH3 is 2. The highest BCUT2D eigenvalue weighted by atomic mass is 16.5. The lowest BCUT2D eigenvalue weighted by molar-refractivity contribution is -0.00461. The molecule has 20 heavy (non-hydrogen) atoms. The Morgan fingerprint density at radius 1 is 1.30 bits per heavy atom. The van der Waals surface area contributed by atoms with Gasteiger partial charge in [0.05, 0.1) is 24.4 Å². The molecule has 2 N–H and O–H groups in total. The van der Waals surface area contributed by atoms with Gasteiger partial charge in [0.15, 0.2) is 0 Å². The van der Waals surface area contributed by atoms with Gasteiger partial charge in [-0.3, -0.25) is 9.58 Å². The number of hydrogen-bond donors (Lipinski definition) is 1. The number of nitrogens with two attached hydrogens (primary N) is 1. The molecule has 3 atom stereocenters. The summed E-state index contributed by atoms with van der Waals surface area (Å²) < 4.78 is 12.9. The van der Waals surface area contributed by atoms with Gasteiger partial charge in [-0.25, -0.2) is 0 Å².